The third-order valence-electron chi connectivity index (χ3n) is 6.45. The molecule has 0 radical (unpaired) electrons. The van der Waals surface area contributed by atoms with E-state index in [1.165, 1.54) is 4.90 Å². The maximum absolute atomic E-state index is 13.4. The van der Waals surface area contributed by atoms with Crippen LogP contribution in [0.4, 0.5) is 11.4 Å². The van der Waals surface area contributed by atoms with Crippen molar-refractivity contribution in [2.24, 2.45) is 0 Å². The number of hydrogen-bond donors (Lipinski definition) is 1. The van der Waals surface area contributed by atoms with Crippen molar-refractivity contribution >= 4 is 28.8 Å². The van der Waals surface area contributed by atoms with Crippen molar-refractivity contribution in [2.75, 3.05) is 30.5 Å². The molecule has 3 aromatic carbocycles. The zero-order valence-electron chi connectivity index (χ0n) is 21.4. The zero-order chi connectivity index (χ0) is 26.0. The van der Waals surface area contributed by atoms with E-state index in [4.69, 9.17) is 4.74 Å². The van der Waals surface area contributed by atoms with Crippen molar-refractivity contribution in [1.29, 1.82) is 0 Å². The predicted octanol–water partition coefficient (Wildman–Crippen LogP) is 5.78. The topological polar surface area (TPSA) is 70.1 Å². The van der Waals surface area contributed by atoms with Crippen LogP contribution in [0.25, 0.3) is 5.76 Å². The third kappa shape index (κ3) is 4.59. The van der Waals surface area contributed by atoms with Gasteiger partial charge in [-0.25, -0.2) is 0 Å². The van der Waals surface area contributed by atoms with Crippen LogP contribution in [-0.2, 0) is 9.59 Å². The minimum atomic E-state index is -0.765. The average molecular weight is 485 g/mol. The van der Waals surface area contributed by atoms with Crippen LogP contribution in [0, 0.1) is 13.8 Å². The molecule has 0 saturated carbocycles. The Labute approximate surface area is 212 Å². The Morgan fingerprint density at radius 1 is 0.972 bits per heavy atom. The van der Waals surface area contributed by atoms with Gasteiger partial charge in [0.25, 0.3) is 11.7 Å². The lowest BCUT2D eigenvalue weighted by Crippen LogP contribution is -2.30. The van der Waals surface area contributed by atoms with Crippen LogP contribution in [0.15, 0.2) is 72.3 Å². The molecule has 4 rings (SSSR count). The van der Waals surface area contributed by atoms with Gasteiger partial charge in [0.2, 0.25) is 0 Å². The van der Waals surface area contributed by atoms with Gasteiger partial charge in [-0.2, -0.15) is 0 Å². The van der Waals surface area contributed by atoms with E-state index in [1.54, 1.807) is 18.2 Å². The standard InChI is InChI=1S/C30H32N2O4/c1-6-17-36-25-16-13-22(18-20(25)3)28(33)26-27(21-11-14-23(15-12-21)31(4)5)32(30(35)29(26)34)24-10-8-7-9-19(24)2/h7-16,18,27,33H,6,17H2,1-5H3/b28-26-. The van der Waals surface area contributed by atoms with Gasteiger partial charge in [0, 0.05) is 31.0 Å². The lowest BCUT2D eigenvalue weighted by Gasteiger charge is -2.27. The van der Waals surface area contributed by atoms with Crippen molar-refractivity contribution in [2.45, 2.75) is 33.2 Å². The van der Waals surface area contributed by atoms with Gasteiger partial charge in [-0.15, -0.1) is 0 Å². The van der Waals surface area contributed by atoms with E-state index in [2.05, 4.69) is 0 Å². The number of aliphatic hydroxyl groups excluding tert-OH is 1. The summed E-state index contributed by atoms with van der Waals surface area (Å²) in [7, 11) is 3.90. The largest absolute Gasteiger partial charge is 0.507 e. The van der Waals surface area contributed by atoms with Gasteiger partial charge in [-0.1, -0.05) is 37.3 Å². The lowest BCUT2D eigenvalue weighted by molar-refractivity contribution is -0.132. The number of amides is 1. The summed E-state index contributed by atoms with van der Waals surface area (Å²) < 4.78 is 5.76. The Balaban J connectivity index is 1.89. The van der Waals surface area contributed by atoms with Crippen LogP contribution in [0.3, 0.4) is 0 Å². The molecule has 1 atom stereocenters. The number of ketones is 1. The number of aliphatic hydroxyl groups is 1. The van der Waals surface area contributed by atoms with E-state index in [9.17, 15) is 14.7 Å². The second-order valence-corrected chi connectivity index (χ2v) is 9.27. The van der Waals surface area contributed by atoms with Crippen LogP contribution in [0.1, 0.15) is 41.6 Å². The maximum atomic E-state index is 13.4. The molecule has 1 aliphatic heterocycles. The first-order valence-electron chi connectivity index (χ1n) is 12.1. The van der Waals surface area contributed by atoms with Gasteiger partial charge in [0.1, 0.15) is 11.5 Å². The highest BCUT2D eigenvalue weighted by atomic mass is 16.5. The van der Waals surface area contributed by atoms with E-state index in [1.807, 2.05) is 88.3 Å². The SMILES string of the molecule is CCCOc1ccc(/C(O)=C2/C(=O)C(=O)N(c3ccccc3C)C2c2ccc(N(C)C)cc2)cc1C. The number of hydrogen-bond acceptors (Lipinski definition) is 5. The number of ether oxygens (including phenoxy) is 1. The van der Waals surface area contributed by atoms with E-state index < -0.39 is 17.7 Å². The summed E-state index contributed by atoms with van der Waals surface area (Å²) in [5.74, 6) is -0.839. The summed E-state index contributed by atoms with van der Waals surface area (Å²) in [6, 6.07) is 19.7. The average Bonchev–Trinajstić information content (AvgIpc) is 3.13. The van der Waals surface area contributed by atoms with Gasteiger partial charge >= 0.3 is 0 Å². The highest BCUT2D eigenvalue weighted by Gasteiger charge is 2.47. The molecule has 1 unspecified atom stereocenters. The summed E-state index contributed by atoms with van der Waals surface area (Å²) in [6.07, 6.45) is 0.885. The fourth-order valence-electron chi connectivity index (χ4n) is 4.51. The molecular formula is C30H32N2O4. The number of anilines is 2. The molecule has 6 nitrogen and oxygen atoms in total. The molecule has 1 heterocycles. The molecule has 1 N–H and O–H groups in total. The molecule has 0 aliphatic carbocycles. The van der Waals surface area contributed by atoms with Crippen molar-refractivity contribution in [1.82, 2.24) is 0 Å². The molecule has 186 valence electrons. The van der Waals surface area contributed by atoms with Crippen molar-refractivity contribution in [3.63, 3.8) is 0 Å². The Morgan fingerprint density at radius 3 is 2.28 bits per heavy atom. The Morgan fingerprint density at radius 2 is 1.67 bits per heavy atom. The fourth-order valence-corrected chi connectivity index (χ4v) is 4.51. The molecule has 0 aromatic heterocycles. The number of carbonyl (C=O) groups excluding carboxylic acids is 2. The van der Waals surface area contributed by atoms with Gasteiger partial charge in [-0.3, -0.25) is 14.5 Å². The molecular weight excluding hydrogens is 452 g/mol. The first-order valence-corrected chi connectivity index (χ1v) is 12.1. The predicted molar refractivity (Wildman–Crippen MR) is 144 cm³/mol. The van der Waals surface area contributed by atoms with E-state index in [-0.39, 0.29) is 11.3 Å². The molecule has 36 heavy (non-hydrogen) atoms. The minimum absolute atomic E-state index is 0.0717. The second kappa shape index (κ2) is 10.3. The van der Waals surface area contributed by atoms with Crippen LogP contribution in [0.5, 0.6) is 5.75 Å². The molecule has 6 heteroatoms. The number of benzene rings is 3. The first-order chi connectivity index (χ1) is 17.2. The van der Waals surface area contributed by atoms with Gasteiger partial charge in [0.15, 0.2) is 0 Å². The molecule has 1 fully saturated rings. The Hall–Kier alpha value is -4.06. The monoisotopic (exact) mass is 484 g/mol. The smallest absolute Gasteiger partial charge is 0.300 e. The van der Waals surface area contributed by atoms with Crippen LogP contribution in [0.2, 0.25) is 0 Å². The normalized spacial score (nSPS) is 16.9. The summed E-state index contributed by atoms with van der Waals surface area (Å²) in [5, 5.41) is 11.4. The highest BCUT2D eigenvalue weighted by Crippen LogP contribution is 2.43. The third-order valence-corrected chi connectivity index (χ3v) is 6.45. The van der Waals surface area contributed by atoms with E-state index in [0.29, 0.717) is 17.9 Å². The quantitative estimate of drug-likeness (QED) is 0.261. The fraction of sp³-hybridized carbons (Fsp3) is 0.267. The van der Waals surface area contributed by atoms with Crippen molar-refractivity contribution in [3.05, 3.63) is 94.6 Å². The number of rotatable bonds is 7. The number of nitrogens with zero attached hydrogens (tertiary/aromatic N) is 2. The molecule has 3 aromatic rings. The number of carbonyl (C=O) groups is 2. The highest BCUT2D eigenvalue weighted by molar-refractivity contribution is 6.51. The molecule has 0 spiro atoms. The number of aryl methyl sites for hydroxylation is 2. The van der Waals surface area contributed by atoms with Crippen LogP contribution >= 0.6 is 0 Å². The second-order valence-electron chi connectivity index (χ2n) is 9.27. The molecule has 0 bridgehead atoms. The van der Waals surface area contributed by atoms with Crippen LogP contribution < -0.4 is 14.5 Å². The Kier molecular flexibility index (Phi) is 7.15. The minimum Gasteiger partial charge on any atom is -0.507 e. The van der Waals surface area contributed by atoms with Gasteiger partial charge < -0.3 is 14.7 Å². The zero-order valence-corrected chi connectivity index (χ0v) is 21.4. The van der Waals surface area contributed by atoms with Gasteiger partial charge in [-0.05, 0) is 73.4 Å². The van der Waals surface area contributed by atoms with Gasteiger partial charge in [0.05, 0.1) is 18.2 Å². The molecule has 1 aliphatic rings. The summed E-state index contributed by atoms with van der Waals surface area (Å²) in [4.78, 5) is 30.3. The lowest BCUT2D eigenvalue weighted by atomic mass is 9.94. The maximum Gasteiger partial charge on any atom is 0.300 e. The number of Topliss-reactive ketones (excluding diaryl/α,β-unsaturated/α-hetero) is 1. The van der Waals surface area contributed by atoms with Crippen LogP contribution in [-0.4, -0.2) is 37.5 Å². The van der Waals surface area contributed by atoms with Crippen molar-refractivity contribution in [3.8, 4) is 5.75 Å². The Bertz CT molecular complexity index is 1330. The number of para-hydroxylation sites is 1. The summed E-state index contributed by atoms with van der Waals surface area (Å²) in [5.41, 5.74) is 4.61. The summed E-state index contributed by atoms with van der Waals surface area (Å²) >= 11 is 0. The molecule has 1 saturated heterocycles. The van der Waals surface area contributed by atoms with Crippen molar-refractivity contribution < 1.29 is 19.4 Å². The first kappa shape index (κ1) is 25.0. The van der Waals surface area contributed by atoms with E-state index in [0.717, 1.165) is 34.5 Å². The van der Waals surface area contributed by atoms with E-state index >= 15 is 0 Å². The summed E-state index contributed by atoms with van der Waals surface area (Å²) in [6.45, 7) is 6.43. The molecule has 1 amide bonds.